The molecule has 0 saturated carbocycles. The zero-order chi connectivity index (χ0) is 11.1. The molecule has 0 aromatic carbocycles. The molecule has 4 nitrogen and oxygen atoms in total. The molecule has 0 saturated heterocycles. The average Bonchev–Trinajstić information content (AvgIpc) is 2.17. The standard InChI is InChI=1S/C10H16O4/c1-5-6-7(2)8(9(11)13-3)10(12)14-4/h5,7-8H,1,6H2,2-4H3/t7-/m0/s1. The van der Waals surface area contributed by atoms with Crippen LogP contribution in [0.4, 0.5) is 0 Å². The molecule has 14 heavy (non-hydrogen) atoms. The number of hydrogen-bond acceptors (Lipinski definition) is 4. The molecular weight excluding hydrogens is 184 g/mol. The molecule has 0 unspecified atom stereocenters. The van der Waals surface area contributed by atoms with Crippen LogP contribution in [0, 0.1) is 11.8 Å². The van der Waals surface area contributed by atoms with Gasteiger partial charge in [-0.25, -0.2) is 0 Å². The molecule has 0 bridgehead atoms. The van der Waals surface area contributed by atoms with Crippen molar-refractivity contribution in [2.24, 2.45) is 11.8 Å². The van der Waals surface area contributed by atoms with Crippen molar-refractivity contribution in [3.63, 3.8) is 0 Å². The first kappa shape index (κ1) is 12.7. The molecular formula is C10H16O4. The van der Waals surface area contributed by atoms with E-state index in [1.54, 1.807) is 13.0 Å². The Morgan fingerprint density at radius 2 is 1.71 bits per heavy atom. The van der Waals surface area contributed by atoms with Gasteiger partial charge in [-0.3, -0.25) is 9.59 Å². The molecule has 0 radical (unpaired) electrons. The maximum atomic E-state index is 11.3. The molecule has 0 heterocycles. The molecule has 0 amide bonds. The predicted octanol–water partition coefficient (Wildman–Crippen LogP) is 1.16. The number of methoxy groups -OCH3 is 2. The van der Waals surface area contributed by atoms with Gasteiger partial charge in [0.15, 0.2) is 5.92 Å². The quantitative estimate of drug-likeness (QED) is 0.379. The molecule has 0 aromatic heterocycles. The van der Waals surface area contributed by atoms with Crippen molar-refractivity contribution in [3.8, 4) is 0 Å². The number of carbonyl (C=O) groups is 2. The van der Waals surface area contributed by atoms with E-state index >= 15 is 0 Å². The first-order valence-electron chi connectivity index (χ1n) is 4.35. The van der Waals surface area contributed by atoms with Crippen molar-refractivity contribution in [1.82, 2.24) is 0 Å². The van der Waals surface area contributed by atoms with E-state index < -0.39 is 17.9 Å². The zero-order valence-corrected chi connectivity index (χ0v) is 8.78. The zero-order valence-electron chi connectivity index (χ0n) is 8.78. The average molecular weight is 200 g/mol. The monoisotopic (exact) mass is 200 g/mol. The van der Waals surface area contributed by atoms with Crippen LogP contribution in [-0.4, -0.2) is 26.2 Å². The second kappa shape index (κ2) is 6.18. The number of rotatable bonds is 5. The summed E-state index contributed by atoms with van der Waals surface area (Å²) in [6.45, 7) is 5.33. The first-order valence-corrected chi connectivity index (χ1v) is 4.35. The SMILES string of the molecule is C=CC[C@H](C)C(C(=O)OC)C(=O)OC. The van der Waals surface area contributed by atoms with Gasteiger partial charge in [0.25, 0.3) is 0 Å². The summed E-state index contributed by atoms with van der Waals surface area (Å²) >= 11 is 0. The number of esters is 2. The van der Waals surface area contributed by atoms with Gasteiger partial charge in [0, 0.05) is 0 Å². The van der Waals surface area contributed by atoms with Gasteiger partial charge in [-0.2, -0.15) is 0 Å². The molecule has 0 spiro atoms. The second-order valence-corrected chi connectivity index (χ2v) is 3.03. The van der Waals surface area contributed by atoms with Crippen LogP contribution in [0.15, 0.2) is 12.7 Å². The van der Waals surface area contributed by atoms with Gasteiger partial charge in [-0.15, -0.1) is 6.58 Å². The minimum Gasteiger partial charge on any atom is -0.468 e. The third-order valence-corrected chi connectivity index (χ3v) is 2.02. The molecule has 0 N–H and O–H groups in total. The molecule has 0 aliphatic carbocycles. The Kier molecular flexibility index (Phi) is 5.60. The number of carbonyl (C=O) groups excluding carboxylic acids is 2. The maximum Gasteiger partial charge on any atom is 0.320 e. The lowest BCUT2D eigenvalue weighted by atomic mass is 9.91. The Balaban J connectivity index is 4.61. The molecule has 0 fully saturated rings. The van der Waals surface area contributed by atoms with Crippen LogP contribution in [0.3, 0.4) is 0 Å². The van der Waals surface area contributed by atoms with E-state index in [0.29, 0.717) is 6.42 Å². The fourth-order valence-electron chi connectivity index (χ4n) is 1.21. The summed E-state index contributed by atoms with van der Waals surface area (Å²) in [5.74, 6) is -2.15. The largest absolute Gasteiger partial charge is 0.468 e. The fraction of sp³-hybridized carbons (Fsp3) is 0.600. The Labute approximate surface area is 83.9 Å². The smallest absolute Gasteiger partial charge is 0.320 e. The molecule has 4 heteroatoms. The number of hydrogen-bond donors (Lipinski definition) is 0. The van der Waals surface area contributed by atoms with Gasteiger partial charge < -0.3 is 9.47 Å². The van der Waals surface area contributed by atoms with Crippen LogP contribution < -0.4 is 0 Å². The number of allylic oxidation sites excluding steroid dienone is 1. The Morgan fingerprint density at radius 1 is 1.29 bits per heavy atom. The van der Waals surface area contributed by atoms with Crippen molar-refractivity contribution in [1.29, 1.82) is 0 Å². The van der Waals surface area contributed by atoms with E-state index in [1.165, 1.54) is 14.2 Å². The van der Waals surface area contributed by atoms with Gasteiger partial charge in [-0.1, -0.05) is 13.0 Å². The van der Waals surface area contributed by atoms with Gasteiger partial charge in [-0.05, 0) is 12.3 Å². The van der Waals surface area contributed by atoms with E-state index in [9.17, 15) is 9.59 Å². The number of ether oxygens (including phenoxy) is 2. The summed E-state index contributed by atoms with van der Waals surface area (Å²) in [7, 11) is 2.50. The van der Waals surface area contributed by atoms with Crippen molar-refractivity contribution in [3.05, 3.63) is 12.7 Å². The van der Waals surface area contributed by atoms with E-state index in [1.807, 2.05) is 0 Å². The second-order valence-electron chi connectivity index (χ2n) is 3.03. The highest BCUT2D eigenvalue weighted by Crippen LogP contribution is 2.18. The minimum absolute atomic E-state index is 0.160. The Morgan fingerprint density at radius 3 is 2.00 bits per heavy atom. The fourth-order valence-corrected chi connectivity index (χ4v) is 1.21. The van der Waals surface area contributed by atoms with Crippen LogP contribution in [0.2, 0.25) is 0 Å². The summed E-state index contributed by atoms with van der Waals surface area (Å²) in [6, 6.07) is 0. The van der Waals surface area contributed by atoms with Gasteiger partial charge in [0.05, 0.1) is 14.2 Å². The summed E-state index contributed by atoms with van der Waals surface area (Å²) in [6.07, 6.45) is 2.22. The van der Waals surface area contributed by atoms with E-state index in [0.717, 1.165) is 0 Å². The molecule has 0 aliphatic rings. The Hall–Kier alpha value is -1.32. The van der Waals surface area contributed by atoms with Crippen molar-refractivity contribution in [2.45, 2.75) is 13.3 Å². The topological polar surface area (TPSA) is 52.6 Å². The first-order chi connectivity index (χ1) is 6.58. The minimum atomic E-state index is -0.858. The van der Waals surface area contributed by atoms with E-state index in [4.69, 9.17) is 0 Å². The van der Waals surface area contributed by atoms with Crippen LogP contribution >= 0.6 is 0 Å². The highest BCUT2D eigenvalue weighted by molar-refractivity contribution is 5.95. The maximum absolute atomic E-state index is 11.3. The Bertz CT molecular complexity index is 206. The molecule has 1 atom stereocenters. The normalized spacial score (nSPS) is 12.0. The predicted molar refractivity (Wildman–Crippen MR) is 51.5 cm³/mol. The van der Waals surface area contributed by atoms with Crippen molar-refractivity contribution in [2.75, 3.05) is 14.2 Å². The van der Waals surface area contributed by atoms with E-state index in [2.05, 4.69) is 16.1 Å². The van der Waals surface area contributed by atoms with E-state index in [-0.39, 0.29) is 5.92 Å². The van der Waals surface area contributed by atoms with Crippen molar-refractivity contribution < 1.29 is 19.1 Å². The molecule has 80 valence electrons. The van der Waals surface area contributed by atoms with Crippen LogP contribution in [0.1, 0.15) is 13.3 Å². The lowest BCUT2D eigenvalue weighted by Crippen LogP contribution is -2.31. The third kappa shape index (κ3) is 3.20. The van der Waals surface area contributed by atoms with Crippen LogP contribution in [0.25, 0.3) is 0 Å². The van der Waals surface area contributed by atoms with Gasteiger partial charge >= 0.3 is 11.9 Å². The van der Waals surface area contributed by atoms with Gasteiger partial charge in [0.1, 0.15) is 0 Å². The highest BCUT2D eigenvalue weighted by Gasteiger charge is 2.33. The van der Waals surface area contributed by atoms with Crippen LogP contribution in [0.5, 0.6) is 0 Å². The van der Waals surface area contributed by atoms with Crippen LogP contribution in [-0.2, 0) is 19.1 Å². The lowest BCUT2D eigenvalue weighted by molar-refractivity contribution is -0.161. The lowest BCUT2D eigenvalue weighted by Gasteiger charge is -2.17. The molecule has 0 rings (SSSR count). The molecule has 0 aromatic rings. The summed E-state index contributed by atoms with van der Waals surface area (Å²) in [5, 5.41) is 0. The summed E-state index contributed by atoms with van der Waals surface area (Å²) in [5.41, 5.74) is 0. The third-order valence-electron chi connectivity index (χ3n) is 2.02. The summed E-state index contributed by atoms with van der Waals surface area (Å²) < 4.78 is 9.06. The molecule has 0 aliphatic heterocycles. The van der Waals surface area contributed by atoms with Gasteiger partial charge in [0.2, 0.25) is 0 Å². The summed E-state index contributed by atoms with van der Waals surface area (Å²) in [4.78, 5) is 22.5. The highest BCUT2D eigenvalue weighted by atomic mass is 16.5. The van der Waals surface area contributed by atoms with Crippen molar-refractivity contribution >= 4 is 11.9 Å².